The maximum absolute atomic E-state index is 13.3. The molecule has 0 amide bonds. The number of unbranched alkanes of at least 4 members (excludes halogenated alkanes) is 1. The number of nitrogens with one attached hydrogen (secondary N) is 1. The normalized spacial score (nSPS) is 12.2. The molecule has 32 heavy (non-hydrogen) atoms. The highest BCUT2D eigenvalue weighted by molar-refractivity contribution is 7.98. The molecule has 3 heterocycles. The number of halogens is 3. The zero-order chi connectivity index (χ0) is 23.0. The highest BCUT2D eigenvalue weighted by Crippen LogP contribution is 2.33. The predicted octanol–water partition coefficient (Wildman–Crippen LogP) is 3.48. The van der Waals surface area contributed by atoms with Crippen molar-refractivity contribution in [2.45, 2.75) is 43.3 Å². The van der Waals surface area contributed by atoms with E-state index in [1.165, 1.54) is 10.6 Å². The summed E-state index contributed by atoms with van der Waals surface area (Å²) in [6.07, 6.45) is -3.10. The van der Waals surface area contributed by atoms with Crippen LogP contribution in [-0.4, -0.2) is 29.1 Å². The van der Waals surface area contributed by atoms with Crippen molar-refractivity contribution in [1.29, 1.82) is 0 Å². The van der Waals surface area contributed by atoms with Gasteiger partial charge in [-0.2, -0.15) is 13.2 Å². The Hall–Kier alpha value is -3.15. The topological polar surface area (TPSA) is 98.5 Å². The van der Waals surface area contributed by atoms with Crippen molar-refractivity contribution in [1.82, 2.24) is 29.1 Å². The predicted molar refractivity (Wildman–Crippen MR) is 115 cm³/mol. The maximum Gasteiger partial charge on any atom is 0.451 e. The van der Waals surface area contributed by atoms with Crippen LogP contribution >= 0.6 is 11.8 Å². The number of hydrogen-bond donors (Lipinski definition) is 1. The Bertz CT molecular complexity index is 1420. The fourth-order valence-electron chi connectivity index (χ4n) is 3.36. The number of aryl methyl sites for hydroxylation is 2. The lowest BCUT2D eigenvalue weighted by Gasteiger charge is -2.10. The van der Waals surface area contributed by atoms with Crippen LogP contribution in [0.1, 0.15) is 31.4 Å². The minimum atomic E-state index is -4.68. The lowest BCUT2D eigenvalue weighted by Crippen LogP contribution is -2.31. The number of fused-ring (bicyclic) bond motifs is 2. The van der Waals surface area contributed by atoms with E-state index in [0.717, 1.165) is 24.6 Å². The van der Waals surface area contributed by atoms with Gasteiger partial charge < -0.3 is 4.57 Å². The number of hydrogen-bond acceptors (Lipinski definition) is 6. The molecule has 0 unspecified atom stereocenters. The summed E-state index contributed by atoms with van der Waals surface area (Å²) in [5, 5.41) is 0.647. The number of imidazole rings is 1. The average Bonchev–Trinajstić information content (AvgIpc) is 3.07. The van der Waals surface area contributed by atoms with E-state index in [1.54, 1.807) is 29.8 Å². The number of H-pyrrole nitrogens is 1. The molecule has 0 aliphatic rings. The monoisotopic (exact) mass is 464 g/mol. The zero-order valence-corrected chi connectivity index (χ0v) is 18.0. The van der Waals surface area contributed by atoms with Crippen LogP contribution < -0.4 is 11.2 Å². The van der Waals surface area contributed by atoms with Crippen LogP contribution in [0, 0.1) is 0 Å². The molecule has 0 saturated heterocycles. The van der Waals surface area contributed by atoms with Gasteiger partial charge in [0.15, 0.2) is 11.2 Å². The second kappa shape index (κ2) is 8.41. The number of aromatic amines is 1. The Labute approximate surface area is 183 Å². The third-order valence-corrected chi connectivity index (χ3v) is 5.99. The number of aromatic nitrogens is 6. The van der Waals surface area contributed by atoms with Crippen molar-refractivity contribution in [2.75, 3.05) is 0 Å². The van der Waals surface area contributed by atoms with Gasteiger partial charge in [-0.05, 0) is 12.5 Å². The number of thioether (sulfide) groups is 1. The number of para-hydroxylation sites is 1. The molecule has 0 saturated carbocycles. The van der Waals surface area contributed by atoms with Crippen LogP contribution in [0.2, 0.25) is 0 Å². The van der Waals surface area contributed by atoms with Crippen LogP contribution in [-0.2, 0) is 25.5 Å². The van der Waals surface area contributed by atoms with E-state index < -0.39 is 23.2 Å². The zero-order valence-electron chi connectivity index (χ0n) is 17.2. The van der Waals surface area contributed by atoms with Crippen molar-refractivity contribution >= 4 is 33.8 Å². The van der Waals surface area contributed by atoms with E-state index in [9.17, 15) is 22.8 Å². The van der Waals surface area contributed by atoms with Crippen LogP contribution in [0.25, 0.3) is 22.1 Å². The van der Waals surface area contributed by atoms with Gasteiger partial charge in [0.05, 0.1) is 11.3 Å². The minimum absolute atomic E-state index is 0.144. The molecule has 12 heteroatoms. The molecule has 4 rings (SSSR count). The van der Waals surface area contributed by atoms with E-state index in [0.29, 0.717) is 17.8 Å². The molecule has 8 nitrogen and oxygen atoms in total. The molecule has 0 spiro atoms. The van der Waals surface area contributed by atoms with Gasteiger partial charge in [0.1, 0.15) is 10.9 Å². The quantitative estimate of drug-likeness (QED) is 0.347. The summed E-state index contributed by atoms with van der Waals surface area (Å²) >= 11 is 1.06. The summed E-state index contributed by atoms with van der Waals surface area (Å²) in [4.78, 5) is 38.8. The molecular formula is C20H19F3N6O2S. The molecular weight excluding hydrogens is 445 g/mol. The Kier molecular flexibility index (Phi) is 5.80. The first-order chi connectivity index (χ1) is 15.2. The van der Waals surface area contributed by atoms with E-state index >= 15 is 0 Å². The summed E-state index contributed by atoms with van der Waals surface area (Å²) < 4.78 is 42.8. The van der Waals surface area contributed by atoms with Crippen molar-refractivity contribution in [2.24, 2.45) is 7.05 Å². The summed E-state index contributed by atoms with van der Waals surface area (Å²) in [6.45, 7) is 2.38. The van der Waals surface area contributed by atoms with Crippen LogP contribution in [0.4, 0.5) is 13.2 Å². The Morgan fingerprint density at radius 2 is 1.88 bits per heavy atom. The summed E-state index contributed by atoms with van der Waals surface area (Å²) in [6, 6.07) is 6.46. The lowest BCUT2D eigenvalue weighted by atomic mass is 10.2. The van der Waals surface area contributed by atoms with Crippen molar-refractivity contribution in [3.8, 4) is 0 Å². The molecule has 1 aromatic carbocycles. The molecule has 0 aliphatic heterocycles. The molecule has 168 valence electrons. The van der Waals surface area contributed by atoms with Crippen molar-refractivity contribution in [3.05, 3.63) is 56.8 Å². The second-order valence-electron chi connectivity index (χ2n) is 7.18. The number of nitrogens with zero attached hydrogens (tertiary/aromatic N) is 5. The Morgan fingerprint density at radius 3 is 2.59 bits per heavy atom. The van der Waals surface area contributed by atoms with Gasteiger partial charge in [-0.3, -0.25) is 14.3 Å². The fourth-order valence-corrected chi connectivity index (χ4v) is 4.36. The first kappa shape index (κ1) is 22.1. The van der Waals surface area contributed by atoms with Gasteiger partial charge in [-0.25, -0.2) is 19.7 Å². The number of rotatable bonds is 6. The van der Waals surface area contributed by atoms with Crippen LogP contribution in [0.15, 0.2) is 38.9 Å². The van der Waals surface area contributed by atoms with Crippen molar-refractivity contribution in [3.63, 3.8) is 0 Å². The van der Waals surface area contributed by atoms with Gasteiger partial charge in [0.25, 0.3) is 5.56 Å². The number of alkyl halides is 3. The number of benzene rings is 1. The van der Waals surface area contributed by atoms with E-state index in [-0.39, 0.29) is 27.5 Å². The van der Waals surface area contributed by atoms with E-state index in [4.69, 9.17) is 0 Å². The molecule has 0 aliphatic carbocycles. The molecule has 3 aromatic heterocycles. The first-order valence-corrected chi connectivity index (χ1v) is 10.8. The molecule has 0 atom stereocenters. The van der Waals surface area contributed by atoms with E-state index in [2.05, 4.69) is 19.9 Å². The Morgan fingerprint density at radius 1 is 1.12 bits per heavy atom. The molecule has 4 aromatic rings. The molecule has 0 radical (unpaired) electrons. The van der Waals surface area contributed by atoms with Crippen molar-refractivity contribution < 1.29 is 13.2 Å². The fraction of sp³-hybridized carbons (Fsp3) is 0.350. The van der Waals surface area contributed by atoms with Gasteiger partial charge in [0.2, 0.25) is 5.82 Å². The van der Waals surface area contributed by atoms with Crippen LogP contribution in [0.5, 0.6) is 0 Å². The van der Waals surface area contributed by atoms with Gasteiger partial charge in [0, 0.05) is 19.0 Å². The van der Waals surface area contributed by atoms with Gasteiger partial charge in [-0.1, -0.05) is 43.3 Å². The van der Waals surface area contributed by atoms with Gasteiger partial charge >= 0.3 is 11.9 Å². The summed E-state index contributed by atoms with van der Waals surface area (Å²) in [5.74, 6) is -0.638. The van der Waals surface area contributed by atoms with Gasteiger partial charge in [-0.15, -0.1) is 0 Å². The average molecular weight is 464 g/mol. The third kappa shape index (κ3) is 4.01. The summed E-state index contributed by atoms with van der Waals surface area (Å²) in [5.41, 5.74) is -0.415. The van der Waals surface area contributed by atoms with Crippen LogP contribution in [0.3, 0.4) is 0 Å². The Balaban J connectivity index is 1.76. The largest absolute Gasteiger partial charge is 0.451 e. The lowest BCUT2D eigenvalue weighted by molar-refractivity contribution is -0.145. The molecule has 0 bridgehead atoms. The first-order valence-electron chi connectivity index (χ1n) is 9.86. The highest BCUT2D eigenvalue weighted by atomic mass is 32.2. The third-order valence-electron chi connectivity index (χ3n) is 5.00. The molecule has 0 fully saturated rings. The SMILES string of the molecule is CCCCn1c(=O)[nH]c(=O)c2c1nc(CSc1nc(C(F)(F)F)nc3ccccc13)n2C. The minimum Gasteiger partial charge on any atom is -0.325 e. The summed E-state index contributed by atoms with van der Waals surface area (Å²) in [7, 11) is 1.63. The maximum atomic E-state index is 13.3. The highest BCUT2D eigenvalue weighted by Gasteiger charge is 2.35. The van der Waals surface area contributed by atoms with E-state index in [1.807, 2.05) is 6.92 Å². The molecule has 1 N–H and O–H groups in total. The standard InChI is InChI=1S/C20H19F3N6O2S/c1-3-4-9-29-15-14(16(30)26-19(29)31)28(2)13(25-15)10-32-17-11-7-5-6-8-12(11)24-18(27-17)20(21,22)23/h5-8H,3-4,9-10H2,1-2H3,(H,26,30,31). The second-order valence-corrected chi connectivity index (χ2v) is 8.14. The smallest absolute Gasteiger partial charge is 0.325 e.